The van der Waals surface area contributed by atoms with E-state index in [0.29, 0.717) is 12.3 Å². The highest BCUT2D eigenvalue weighted by molar-refractivity contribution is 5.97. The average Bonchev–Trinajstić information content (AvgIpc) is 2.93. The molecule has 146 valence electrons. The van der Waals surface area contributed by atoms with E-state index in [1.54, 1.807) is 6.92 Å². The van der Waals surface area contributed by atoms with Crippen LogP contribution < -0.4 is 0 Å². The standard InChI is InChI=1S/C23H30O4/c1-13(24)17-5-6-18-21-19(8-10-23(17,18)4)22(3)9-7-16(27-14(2)25)11-15(22)12-20(21)26/h5,12,16,18-19,21H,6-11H2,1-4H3/t16-,18-,19-,21-,22-,23+/m0/s1. The molecule has 0 aromatic carbocycles. The minimum absolute atomic E-state index is 0.00946. The highest BCUT2D eigenvalue weighted by Crippen LogP contribution is 2.64. The van der Waals surface area contributed by atoms with E-state index in [1.165, 1.54) is 12.5 Å². The minimum Gasteiger partial charge on any atom is -0.462 e. The molecule has 0 spiro atoms. The molecule has 0 amide bonds. The van der Waals surface area contributed by atoms with Gasteiger partial charge < -0.3 is 4.74 Å². The lowest BCUT2D eigenvalue weighted by atomic mass is 9.47. The molecule has 0 radical (unpaired) electrons. The highest BCUT2D eigenvalue weighted by Gasteiger charge is 2.59. The Bertz CT molecular complexity index is 775. The van der Waals surface area contributed by atoms with E-state index in [2.05, 4.69) is 19.9 Å². The molecule has 4 heteroatoms. The van der Waals surface area contributed by atoms with E-state index >= 15 is 0 Å². The maximum atomic E-state index is 13.2. The lowest BCUT2D eigenvalue weighted by Crippen LogP contribution is -2.53. The quantitative estimate of drug-likeness (QED) is 0.684. The third-order valence-electron chi connectivity index (χ3n) is 8.19. The predicted molar refractivity (Wildman–Crippen MR) is 102 cm³/mol. The van der Waals surface area contributed by atoms with Crippen molar-refractivity contribution >= 4 is 17.5 Å². The van der Waals surface area contributed by atoms with Crippen LogP contribution in [0, 0.1) is 28.6 Å². The van der Waals surface area contributed by atoms with Crippen LogP contribution >= 0.6 is 0 Å². The largest absolute Gasteiger partial charge is 0.462 e. The van der Waals surface area contributed by atoms with Crippen LogP contribution in [-0.2, 0) is 19.1 Å². The molecular formula is C23H30O4. The number of hydrogen-bond acceptors (Lipinski definition) is 4. The van der Waals surface area contributed by atoms with Crippen molar-refractivity contribution in [2.45, 2.75) is 72.3 Å². The van der Waals surface area contributed by atoms with Crippen LogP contribution in [0.5, 0.6) is 0 Å². The summed E-state index contributed by atoms with van der Waals surface area (Å²) in [5.41, 5.74) is 1.97. The summed E-state index contributed by atoms with van der Waals surface area (Å²) >= 11 is 0. The number of rotatable bonds is 2. The third-order valence-corrected chi connectivity index (χ3v) is 8.19. The van der Waals surface area contributed by atoms with Crippen LogP contribution in [0.25, 0.3) is 0 Å². The number of Topliss-reactive ketones (excluding diaryl/α,β-unsaturated/α-hetero) is 1. The fourth-order valence-electron chi connectivity index (χ4n) is 6.83. The number of hydrogen-bond donors (Lipinski definition) is 0. The lowest BCUT2D eigenvalue weighted by Gasteiger charge is -2.56. The Morgan fingerprint density at radius 2 is 1.78 bits per heavy atom. The molecule has 0 unspecified atom stereocenters. The summed E-state index contributed by atoms with van der Waals surface area (Å²) in [6, 6.07) is 0. The maximum Gasteiger partial charge on any atom is 0.302 e. The Balaban J connectivity index is 1.66. The number of ketones is 2. The van der Waals surface area contributed by atoms with Gasteiger partial charge in [-0.05, 0) is 73.3 Å². The highest BCUT2D eigenvalue weighted by atomic mass is 16.5. The molecule has 0 aromatic heterocycles. The fraction of sp³-hybridized carbons (Fsp3) is 0.696. The molecule has 0 heterocycles. The van der Waals surface area contributed by atoms with Crippen molar-refractivity contribution in [3.63, 3.8) is 0 Å². The molecule has 0 aliphatic heterocycles. The van der Waals surface area contributed by atoms with Gasteiger partial charge in [-0.3, -0.25) is 14.4 Å². The van der Waals surface area contributed by atoms with Gasteiger partial charge in [-0.2, -0.15) is 0 Å². The van der Waals surface area contributed by atoms with E-state index in [-0.39, 0.29) is 46.3 Å². The van der Waals surface area contributed by atoms with E-state index in [1.807, 2.05) is 6.08 Å². The summed E-state index contributed by atoms with van der Waals surface area (Å²) in [5, 5.41) is 0. The second kappa shape index (κ2) is 6.15. The molecule has 4 aliphatic rings. The van der Waals surface area contributed by atoms with Crippen LogP contribution in [0.3, 0.4) is 0 Å². The molecule has 4 nitrogen and oxygen atoms in total. The number of allylic oxidation sites excluding steroid dienone is 3. The third kappa shape index (κ3) is 2.67. The van der Waals surface area contributed by atoms with Crippen molar-refractivity contribution in [1.29, 1.82) is 0 Å². The second-order valence-electron chi connectivity index (χ2n) is 9.57. The Morgan fingerprint density at radius 1 is 1.07 bits per heavy atom. The van der Waals surface area contributed by atoms with Gasteiger partial charge in [0.05, 0.1) is 0 Å². The molecule has 2 saturated carbocycles. The van der Waals surface area contributed by atoms with Gasteiger partial charge in [-0.1, -0.05) is 25.5 Å². The number of ether oxygens (including phenoxy) is 1. The monoisotopic (exact) mass is 370 g/mol. The molecule has 4 rings (SSSR count). The van der Waals surface area contributed by atoms with E-state index in [9.17, 15) is 14.4 Å². The second-order valence-corrected chi connectivity index (χ2v) is 9.57. The predicted octanol–water partition coefficient (Wildman–Crippen LogP) is 4.19. The van der Waals surface area contributed by atoms with Crippen molar-refractivity contribution in [2.24, 2.45) is 28.6 Å². The molecule has 0 bridgehead atoms. The van der Waals surface area contributed by atoms with Gasteiger partial charge in [0.1, 0.15) is 6.10 Å². The summed E-state index contributed by atoms with van der Waals surface area (Å²) in [4.78, 5) is 36.7. The van der Waals surface area contributed by atoms with Crippen molar-refractivity contribution in [3.05, 3.63) is 23.3 Å². The van der Waals surface area contributed by atoms with Gasteiger partial charge in [-0.25, -0.2) is 0 Å². The number of fused-ring (bicyclic) bond motifs is 5. The van der Waals surface area contributed by atoms with Gasteiger partial charge >= 0.3 is 5.97 Å². The molecule has 2 fully saturated rings. The van der Waals surface area contributed by atoms with Gasteiger partial charge in [0, 0.05) is 19.3 Å². The summed E-state index contributed by atoms with van der Waals surface area (Å²) in [6.07, 6.45) is 9.19. The number of carbonyl (C=O) groups is 3. The normalized spacial score (nSPS) is 43.0. The molecule has 4 aliphatic carbocycles. The van der Waals surface area contributed by atoms with Crippen molar-refractivity contribution in [2.75, 3.05) is 0 Å². The van der Waals surface area contributed by atoms with Crippen LogP contribution in [0.2, 0.25) is 0 Å². The summed E-state index contributed by atoms with van der Waals surface area (Å²) in [7, 11) is 0. The van der Waals surface area contributed by atoms with E-state index in [4.69, 9.17) is 4.74 Å². The topological polar surface area (TPSA) is 60.4 Å². The lowest BCUT2D eigenvalue weighted by molar-refractivity contribution is -0.149. The van der Waals surface area contributed by atoms with Gasteiger partial charge in [0.2, 0.25) is 0 Å². The Hall–Kier alpha value is -1.71. The van der Waals surface area contributed by atoms with Crippen LogP contribution in [0.1, 0.15) is 66.2 Å². The maximum absolute atomic E-state index is 13.2. The first-order valence-electron chi connectivity index (χ1n) is 10.3. The number of esters is 1. The van der Waals surface area contributed by atoms with Gasteiger partial charge in [0.15, 0.2) is 11.6 Å². The van der Waals surface area contributed by atoms with E-state index < -0.39 is 0 Å². The minimum atomic E-state index is -0.244. The van der Waals surface area contributed by atoms with Crippen molar-refractivity contribution < 1.29 is 19.1 Å². The zero-order valence-electron chi connectivity index (χ0n) is 16.8. The molecule has 0 aromatic rings. The molecule has 27 heavy (non-hydrogen) atoms. The molecule has 0 N–H and O–H groups in total. The smallest absolute Gasteiger partial charge is 0.302 e. The summed E-state index contributed by atoms with van der Waals surface area (Å²) < 4.78 is 5.45. The van der Waals surface area contributed by atoms with E-state index in [0.717, 1.165) is 37.7 Å². The van der Waals surface area contributed by atoms with Gasteiger partial charge in [0.25, 0.3) is 0 Å². The van der Waals surface area contributed by atoms with Crippen molar-refractivity contribution in [1.82, 2.24) is 0 Å². The zero-order chi connectivity index (χ0) is 19.6. The van der Waals surface area contributed by atoms with Gasteiger partial charge in [-0.15, -0.1) is 0 Å². The number of carbonyl (C=O) groups excluding carboxylic acids is 3. The molecule has 6 atom stereocenters. The van der Waals surface area contributed by atoms with Crippen molar-refractivity contribution in [3.8, 4) is 0 Å². The Labute approximate surface area is 161 Å². The molecular weight excluding hydrogens is 340 g/mol. The van der Waals surface area contributed by atoms with Crippen LogP contribution in [0.4, 0.5) is 0 Å². The SMILES string of the molecule is CC(=O)O[C@H]1CC[C@@]2(C)C(=CC(=O)[C@@H]3[C@@H]2CC[C@]2(C)C(C(C)=O)=CC[C@@H]32)C1. The first kappa shape index (κ1) is 18.6. The van der Waals surface area contributed by atoms with Crippen LogP contribution in [-0.4, -0.2) is 23.6 Å². The first-order chi connectivity index (χ1) is 12.7. The average molecular weight is 370 g/mol. The zero-order valence-corrected chi connectivity index (χ0v) is 16.8. The molecule has 0 saturated heterocycles. The summed E-state index contributed by atoms with van der Waals surface area (Å²) in [6.45, 7) is 7.61. The Kier molecular flexibility index (Phi) is 4.25. The Morgan fingerprint density at radius 3 is 2.44 bits per heavy atom. The fourth-order valence-corrected chi connectivity index (χ4v) is 6.83. The summed E-state index contributed by atoms with van der Waals surface area (Å²) in [5.74, 6) is 0.725. The first-order valence-corrected chi connectivity index (χ1v) is 10.3. The van der Waals surface area contributed by atoms with Crippen LogP contribution in [0.15, 0.2) is 23.3 Å².